The molecule has 136 valence electrons. The van der Waals surface area contributed by atoms with Gasteiger partial charge in [0.2, 0.25) is 0 Å². The Morgan fingerprint density at radius 1 is 1.21 bits per heavy atom. The van der Waals surface area contributed by atoms with Crippen molar-refractivity contribution in [3.05, 3.63) is 29.2 Å². The molecule has 0 bridgehead atoms. The number of fused-ring (bicyclic) bond motifs is 1. The van der Waals surface area contributed by atoms with E-state index in [1.54, 1.807) is 6.08 Å². The van der Waals surface area contributed by atoms with E-state index in [1.165, 1.54) is 6.54 Å². The van der Waals surface area contributed by atoms with Gasteiger partial charge in [-0.15, -0.1) is 5.73 Å². The lowest BCUT2D eigenvalue weighted by molar-refractivity contribution is 0.310. The van der Waals surface area contributed by atoms with Gasteiger partial charge in [-0.3, -0.25) is 4.39 Å². The molecule has 0 radical (unpaired) electrons. The van der Waals surface area contributed by atoms with Crippen molar-refractivity contribution in [1.29, 1.82) is 0 Å². The number of anilines is 1. The summed E-state index contributed by atoms with van der Waals surface area (Å²) in [5.74, 6) is 2.46. The quantitative estimate of drug-likeness (QED) is 0.740. The predicted octanol–water partition coefficient (Wildman–Crippen LogP) is 4.51. The second-order valence-corrected chi connectivity index (χ2v) is 5.88. The van der Waals surface area contributed by atoms with Crippen LogP contribution < -0.4 is 4.90 Å². The van der Waals surface area contributed by atoms with Crippen molar-refractivity contribution >= 4 is 18.0 Å². The van der Waals surface area contributed by atoms with Crippen molar-refractivity contribution in [2.24, 2.45) is 5.92 Å². The molecule has 5 heteroatoms. The van der Waals surface area contributed by atoms with Crippen molar-refractivity contribution in [3.8, 4) is 0 Å². The van der Waals surface area contributed by atoms with Crippen LogP contribution >= 0.6 is 0 Å². The maximum absolute atomic E-state index is 9.50. The molecule has 0 saturated carbocycles. The van der Waals surface area contributed by atoms with Crippen LogP contribution in [0.2, 0.25) is 0 Å². The summed E-state index contributed by atoms with van der Waals surface area (Å²) in [5.41, 5.74) is 4.01. The molecule has 4 nitrogen and oxygen atoms in total. The van der Waals surface area contributed by atoms with Crippen molar-refractivity contribution < 1.29 is 8.91 Å². The fraction of sp³-hybridized carbons (Fsp3) is 0.579. The van der Waals surface area contributed by atoms with E-state index in [0.717, 1.165) is 36.1 Å². The maximum Gasteiger partial charge on any atom is 0.179 e. The van der Waals surface area contributed by atoms with Crippen LogP contribution in [0.1, 0.15) is 39.0 Å². The molecule has 2 rings (SSSR count). The zero-order valence-electron chi connectivity index (χ0n) is 16.1. The first-order valence-electron chi connectivity index (χ1n) is 8.35. The first-order valence-corrected chi connectivity index (χ1v) is 8.35. The fourth-order valence-electron chi connectivity index (χ4n) is 2.06. The topological polar surface area (TPSA) is 32.5 Å². The molecule has 0 fully saturated rings. The molecule has 0 aliphatic heterocycles. The maximum atomic E-state index is 9.50. The summed E-state index contributed by atoms with van der Waals surface area (Å²) in [7, 11) is 4.65. The van der Waals surface area contributed by atoms with Gasteiger partial charge in [0, 0.05) is 26.2 Å². The minimum absolute atomic E-state index is 0.500. The van der Waals surface area contributed by atoms with Crippen molar-refractivity contribution in [3.63, 3.8) is 0 Å². The third-order valence-electron chi connectivity index (χ3n) is 3.46. The van der Waals surface area contributed by atoms with Crippen LogP contribution in [0, 0.1) is 5.92 Å². The molecule has 1 aliphatic rings. The minimum atomic E-state index is 0.500. The van der Waals surface area contributed by atoms with E-state index in [2.05, 4.69) is 50.5 Å². The summed E-state index contributed by atoms with van der Waals surface area (Å²) in [6.45, 7) is 12.0. The number of allylic oxidation sites excluding steroid dienone is 2. The number of nitrogens with zero attached hydrogens (tertiary/aromatic N) is 3. The monoisotopic (exact) mass is 337 g/mol. The second kappa shape index (κ2) is 12.6. The highest BCUT2D eigenvalue weighted by Crippen LogP contribution is 2.25. The molecule has 0 amide bonds. The summed E-state index contributed by atoms with van der Waals surface area (Å²) in [4.78, 5) is 4.37. The summed E-state index contributed by atoms with van der Waals surface area (Å²) in [6, 6.07) is 0. The number of alkyl halides is 1. The first-order chi connectivity index (χ1) is 11.5. The highest BCUT2D eigenvalue weighted by Gasteiger charge is 2.14. The van der Waals surface area contributed by atoms with Gasteiger partial charge in [0.1, 0.15) is 0 Å². The van der Waals surface area contributed by atoms with Crippen LogP contribution in [0.25, 0.3) is 12.2 Å². The van der Waals surface area contributed by atoms with Crippen LogP contribution in [0.4, 0.5) is 10.2 Å². The van der Waals surface area contributed by atoms with Crippen LogP contribution in [-0.4, -0.2) is 51.0 Å². The van der Waals surface area contributed by atoms with E-state index in [4.69, 9.17) is 4.52 Å². The second-order valence-electron chi connectivity index (χ2n) is 5.88. The highest BCUT2D eigenvalue weighted by molar-refractivity contribution is 5.73. The lowest BCUT2D eigenvalue weighted by Crippen LogP contribution is -2.22. The Bertz CT molecular complexity index is 543. The van der Waals surface area contributed by atoms with E-state index in [9.17, 15) is 4.39 Å². The van der Waals surface area contributed by atoms with E-state index >= 15 is 0 Å². The van der Waals surface area contributed by atoms with Gasteiger partial charge < -0.3 is 14.3 Å². The molecule has 0 N–H and O–H groups in total. The average Bonchev–Trinajstić information content (AvgIpc) is 2.84. The minimum Gasteiger partial charge on any atom is -0.357 e. The summed E-state index contributed by atoms with van der Waals surface area (Å²) >= 11 is 0. The summed E-state index contributed by atoms with van der Waals surface area (Å²) < 4.78 is 14.7. The van der Waals surface area contributed by atoms with E-state index in [1.807, 2.05) is 30.2 Å². The molecular formula is C19H32FN3O. The molecule has 0 unspecified atom stereocenters. The van der Waals surface area contributed by atoms with Crippen LogP contribution in [0.5, 0.6) is 0 Å². The summed E-state index contributed by atoms with van der Waals surface area (Å²) in [5, 5.41) is 4.02. The van der Waals surface area contributed by atoms with Gasteiger partial charge in [0.25, 0.3) is 0 Å². The van der Waals surface area contributed by atoms with Crippen molar-refractivity contribution in [2.45, 2.75) is 27.7 Å². The number of aromatic nitrogens is 1. The normalized spacial score (nSPS) is 11.4. The molecule has 24 heavy (non-hydrogen) atoms. The smallest absolute Gasteiger partial charge is 0.179 e. The number of hydrogen-bond donors (Lipinski definition) is 0. The number of hydrogen-bond acceptors (Lipinski definition) is 4. The Balaban J connectivity index is 0.000000456. The zero-order valence-corrected chi connectivity index (χ0v) is 16.1. The van der Waals surface area contributed by atoms with Crippen LogP contribution in [-0.2, 0) is 0 Å². The first kappa shape index (κ1) is 22.2. The molecule has 0 atom stereocenters. The van der Waals surface area contributed by atoms with Crippen LogP contribution in [0.3, 0.4) is 0 Å². The fourth-order valence-corrected chi connectivity index (χ4v) is 2.06. The molecule has 1 aliphatic carbocycles. The van der Waals surface area contributed by atoms with Gasteiger partial charge in [-0.2, -0.15) is 0 Å². The zero-order chi connectivity index (χ0) is 18.5. The van der Waals surface area contributed by atoms with Crippen molar-refractivity contribution in [2.75, 3.05) is 45.8 Å². The predicted molar refractivity (Wildman–Crippen MR) is 102 cm³/mol. The van der Waals surface area contributed by atoms with Gasteiger partial charge in [0.15, 0.2) is 11.6 Å². The van der Waals surface area contributed by atoms with Gasteiger partial charge in [-0.25, -0.2) is 0 Å². The van der Waals surface area contributed by atoms with Crippen LogP contribution in [0.15, 0.2) is 22.4 Å². The molecule has 0 aromatic carbocycles. The van der Waals surface area contributed by atoms with Gasteiger partial charge in [-0.1, -0.05) is 32.0 Å². The standard InChI is InChI=1S/C11H12N2O.C7H17N.CH3F/c1-3-13(2)11-9-7-5-4-6-8-10(9)14-12-11;1-5-8(4)6-7(2)3;1-2/h4-5,7-8H,3H2,1-2H3;7H,5-6H2,1-4H3;1H3. The lowest BCUT2D eigenvalue weighted by atomic mass is 10.2. The molecule has 1 aromatic rings. The van der Waals surface area contributed by atoms with Gasteiger partial charge >= 0.3 is 0 Å². The molecule has 1 aromatic heterocycles. The average molecular weight is 337 g/mol. The van der Waals surface area contributed by atoms with Crippen molar-refractivity contribution in [1.82, 2.24) is 10.1 Å². The molecule has 1 heterocycles. The Morgan fingerprint density at radius 2 is 1.88 bits per heavy atom. The van der Waals surface area contributed by atoms with E-state index < -0.39 is 0 Å². The Labute approximate surface area is 146 Å². The Hall–Kier alpha value is -1.84. The third kappa shape index (κ3) is 7.62. The largest absolute Gasteiger partial charge is 0.357 e. The van der Waals surface area contributed by atoms with E-state index in [-0.39, 0.29) is 0 Å². The lowest BCUT2D eigenvalue weighted by Gasteiger charge is -2.15. The Kier molecular flexibility index (Phi) is 11.6. The number of rotatable bonds is 5. The summed E-state index contributed by atoms with van der Waals surface area (Å²) in [6.07, 6.45) is 7.58. The Morgan fingerprint density at radius 3 is 2.38 bits per heavy atom. The van der Waals surface area contributed by atoms with Gasteiger partial charge in [0.05, 0.1) is 12.7 Å². The molecule has 0 saturated heterocycles. The molecular weight excluding hydrogens is 305 g/mol. The van der Waals surface area contributed by atoms with E-state index in [0.29, 0.717) is 7.18 Å². The third-order valence-corrected chi connectivity index (χ3v) is 3.46. The van der Waals surface area contributed by atoms with Gasteiger partial charge in [-0.05, 0) is 38.6 Å². The highest BCUT2D eigenvalue weighted by atomic mass is 19.1. The SMILES string of the molecule is CCN(C)CC(C)C.CCN(C)c1noc2c1C=CC=C=C2.CF. The number of halogens is 1. The molecule has 0 spiro atoms.